The van der Waals surface area contributed by atoms with Crippen molar-refractivity contribution in [3.05, 3.63) is 47.5 Å². The highest BCUT2D eigenvalue weighted by atomic mass is 35.5. The molecule has 0 aliphatic carbocycles. The average Bonchev–Trinajstić information content (AvgIpc) is 3.27. The van der Waals surface area contributed by atoms with E-state index in [0.717, 1.165) is 5.56 Å². The van der Waals surface area contributed by atoms with Gasteiger partial charge in [0.15, 0.2) is 12.4 Å². The topological polar surface area (TPSA) is 75.5 Å². The number of esters is 1. The van der Waals surface area contributed by atoms with Gasteiger partial charge < -0.3 is 14.2 Å². The van der Waals surface area contributed by atoms with Gasteiger partial charge in [-0.3, -0.25) is 0 Å². The molecule has 0 bridgehead atoms. The Hall–Kier alpha value is -1.64. The zero-order valence-corrected chi connectivity index (χ0v) is 18.8. The van der Waals surface area contributed by atoms with Gasteiger partial charge in [0.05, 0.1) is 24.3 Å². The number of nitrogens with zero attached hydrogens (tertiary/aromatic N) is 3. The maximum Gasteiger partial charge on any atom is 0.340 e. The highest BCUT2D eigenvalue weighted by Crippen LogP contribution is 2.37. The number of halogens is 3. The Morgan fingerprint density at radius 2 is 2.00 bits per heavy atom. The lowest BCUT2D eigenvalue weighted by atomic mass is 9.82. The van der Waals surface area contributed by atoms with Crippen LogP contribution in [0.25, 0.3) is 11.8 Å². The Kier molecular flexibility index (Phi) is 7.76. The quantitative estimate of drug-likeness (QED) is 0.436. The monoisotopic (exact) mass is 473 g/mol. The van der Waals surface area contributed by atoms with Crippen LogP contribution in [0.1, 0.15) is 25.8 Å². The number of alkyl halides is 2. The Bertz CT molecular complexity index is 864. The summed E-state index contributed by atoms with van der Waals surface area (Å²) in [6, 6.07) is 7.21. The third kappa shape index (κ3) is 5.53. The van der Waals surface area contributed by atoms with E-state index in [1.54, 1.807) is 12.1 Å². The van der Waals surface area contributed by atoms with Crippen molar-refractivity contribution in [3.63, 3.8) is 0 Å². The van der Waals surface area contributed by atoms with E-state index in [1.807, 2.05) is 32.1 Å². The van der Waals surface area contributed by atoms with Crippen molar-refractivity contribution < 1.29 is 19.0 Å². The fourth-order valence-corrected chi connectivity index (χ4v) is 3.33. The molecule has 162 valence electrons. The molecule has 10 heteroatoms. The van der Waals surface area contributed by atoms with Crippen LogP contribution in [0.2, 0.25) is 5.02 Å². The summed E-state index contributed by atoms with van der Waals surface area (Å²) in [6.07, 6.45) is 4.31. The molecule has 1 aliphatic rings. The highest BCUT2D eigenvalue weighted by molar-refractivity contribution is 6.52. The van der Waals surface area contributed by atoms with Gasteiger partial charge in [0, 0.05) is 5.02 Å². The molecule has 1 atom stereocenters. The van der Waals surface area contributed by atoms with E-state index in [9.17, 15) is 4.79 Å². The lowest BCUT2D eigenvalue weighted by molar-refractivity contribution is -0.242. The number of hydrogen-bond donors (Lipinski definition) is 0. The number of carbonyl (C=O) groups is 1. The molecule has 2 heterocycles. The molecule has 0 radical (unpaired) electrons. The maximum absolute atomic E-state index is 12.4. The molecule has 2 aromatic rings. The summed E-state index contributed by atoms with van der Waals surface area (Å²) in [4.78, 5) is 15.1. The minimum absolute atomic E-state index is 0.297. The first-order valence-electron chi connectivity index (χ1n) is 9.36. The van der Waals surface area contributed by atoms with Crippen LogP contribution in [0, 0.1) is 5.41 Å². The van der Waals surface area contributed by atoms with Gasteiger partial charge in [-0.15, -0.1) is 0 Å². The molecule has 7 nitrogen and oxygen atoms in total. The van der Waals surface area contributed by atoms with E-state index in [2.05, 4.69) is 10.1 Å². The number of benzene rings is 1. The van der Waals surface area contributed by atoms with Crippen LogP contribution in [0.15, 0.2) is 36.9 Å². The summed E-state index contributed by atoms with van der Waals surface area (Å²) in [5, 5.41) is 4.84. The third-order valence-corrected chi connectivity index (χ3v) is 5.32. The second kappa shape index (κ2) is 10.1. The molecule has 3 rings (SSSR count). The van der Waals surface area contributed by atoms with Crippen LogP contribution in [-0.2, 0) is 19.0 Å². The second-order valence-electron chi connectivity index (χ2n) is 7.19. The zero-order valence-electron chi connectivity index (χ0n) is 16.5. The molecule has 0 N–H and O–H groups in total. The Morgan fingerprint density at radius 3 is 2.53 bits per heavy atom. The zero-order chi connectivity index (χ0) is 21.7. The van der Waals surface area contributed by atoms with Gasteiger partial charge >= 0.3 is 5.97 Å². The number of aromatic nitrogens is 3. The average molecular weight is 475 g/mol. The molecule has 30 heavy (non-hydrogen) atoms. The number of rotatable bonds is 7. The minimum atomic E-state index is -1.34. The standard InChI is InChI=1S/C20H22Cl3N3O4/c1-3-16-28-9-20(2,10-29-16)17(30-19(27)18(22)23)15(26-12-24-11-25-26)8-13-4-6-14(21)7-5-13/h4-8,11-12,16-18H,3,9-10H2,1-2H3/b15-8-. The smallest absolute Gasteiger partial charge is 0.340 e. The van der Waals surface area contributed by atoms with E-state index >= 15 is 0 Å². The van der Waals surface area contributed by atoms with Crippen molar-refractivity contribution >= 4 is 52.5 Å². The summed E-state index contributed by atoms with van der Waals surface area (Å²) in [5.41, 5.74) is 0.641. The van der Waals surface area contributed by atoms with Gasteiger partial charge in [0.1, 0.15) is 12.7 Å². The molecule has 1 aliphatic heterocycles. The lowest BCUT2D eigenvalue weighted by Crippen LogP contribution is -2.50. The van der Waals surface area contributed by atoms with Crippen molar-refractivity contribution in [1.29, 1.82) is 0 Å². The predicted molar refractivity (Wildman–Crippen MR) is 115 cm³/mol. The minimum Gasteiger partial charge on any atom is -0.453 e. The van der Waals surface area contributed by atoms with Gasteiger partial charge in [-0.1, -0.05) is 60.8 Å². The van der Waals surface area contributed by atoms with Crippen LogP contribution in [0.4, 0.5) is 0 Å². The first-order valence-corrected chi connectivity index (χ1v) is 10.6. The van der Waals surface area contributed by atoms with Gasteiger partial charge in [0.2, 0.25) is 4.84 Å². The maximum atomic E-state index is 12.4. The van der Waals surface area contributed by atoms with Crippen molar-refractivity contribution in [2.75, 3.05) is 13.2 Å². The fourth-order valence-electron chi connectivity index (χ4n) is 3.10. The van der Waals surface area contributed by atoms with Gasteiger partial charge in [-0.25, -0.2) is 14.5 Å². The van der Waals surface area contributed by atoms with Crippen molar-refractivity contribution in [2.24, 2.45) is 5.41 Å². The van der Waals surface area contributed by atoms with Crippen LogP contribution >= 0.6 is 34.8 Å². The van der Waals surface area contributed by atoms with Gasteiger partial charge in [-0.05, 0) is 30.2 Å². The normalized spacial score (nSPS) is 23.4. The van der Waals surface area contributed by atoms with Crippen LogP contribution in [-0.4, -0.2) is 51.2 Å². The lowest BCUT2D eigenvalue weighted by Gasteiger charge is -2.42. The SMILES string of the molecule is CCC1OCC(C)(C(OC(=O)C(Cl)Cl)/C(=C/c2ccc(Cl)cc2)n2cncn2)CO1. The first-order chi connectivity index (χ1) is 14.3. The summed E-state index contributed by atoms with van der Waals surface area (Å²) in [7, 11) is 0. The number of carbonyl (C=O) groups excluding carboxylic acids is 1. The molecule has 0 saturated carbocycles. The van der Waals surface area contributed by atoms with Crippen LogP contribution in [0.5, 0.6) is 0 Å². The first kappa shape index (κ1) is 23.0. The summed E-state index contributed by atoms with van der Waals surface area (Å²) >= 11 is 17.5. The van der Waals surface area contributed by atoms with Gasteiger partial charge in [-0.2, -0.15) is 5.10 Å². The number of ether oxygens (including phenoxy) is 3. The molecule has 1 aromatic carbocycles. The van der Waals surface area contributed by atoms with Crippen LogP contribution in [0.3, 0.4) is 0 Å². The molecular formula is C20H22Cl3N3O4. The predicted octanol–water partition coefficient (Wildman–Crippen LogP) is 4.43. The molecule has 1 unspecified atom stereocenters. The van der Waals surface area contributed by atoms with Crippen molar-refractivity contribution in [1.82, 2.24) is 14.8 Å². The molecule has 1 fully saturated rings. The third-order valence-electron chi connectivity index (χ3n) is 4.71. The summed E-state index contributed by atoms with van der Waals surface area (Å²) in [5.74, 6) is -0.774. The molecule has 0 spiro atoms. The van der Waals surface area contributed by atoms with Crippen molar-refractivity contribution in [2.45, 2.75) is 37.5 Å². The fraction of sp³-hybridized carbons (Fsp3) is 0.450. The van der Waals surface area contributed by atoms with E-state index in [1.165, 1.54) is 17.3 Å². The van der Waals surface area contributed by atoms with Crippen molar-refractivity contribution in [3.8, 4) is 0 Å². The Labute approximate surface area is 189 Å². The number of hydrogen-bond acceptors (Lipinski definition) is 6. The van der Waals surface area contributed by atoms with E-state index < -0.39 is 22.3 Å². The van der Waals surface area contributed by atoms with Gasteiger partial charge in [0.25, 0.3) is 0 Å². The Balaban J connectivity index is 2.04. The molecular weight excluding hydrogens is 453 g/mol. The summed E-state index contributed by atoms with van der Waals surface area (Å²) < 4.78 is 18.9. The summed E-state index contributed by atoms with van der Waals surface area (Å²) in [6.45, 7) is 4.47. The van der Waals surface area contributed by atoms with E-state index in [-0.39, 0.29) is 6.29 Å². The second-order valence-corrected chi connectivity index (χ2v) is 8.72. The van der Waals surface area contributed by atoms with E-state index in [0.29, 0.717) is 30.4 Å². The molecule has 1 saturated heterocycles. The highest BCUT2D eigenvalue weighted by Gasteiger charge is 2.45. The van der Waals surface area contributed by atoms with Crippen LogP contribution < -0.4 is 0 Å². The Morgan fingerprint density at radius 1 is 1.33 bits per heavy atom. The molecule has 0 amide bonds. The largest absolute Gasteiger partial charge is 0.453 e. The molecule has 1 aromatic heterocycles. The van der Waals surface area contributed by atoms with E-state index in [4.69, 9.17) is 49.0 Å².